The van der Waals surface area contributed by atoms with Gasteiger partial charge in [-0.25, -0.2) is 14.2 Å². The van der Waals surface area contributed by atoms with Gasteiger partial charge in [-0.2, -0.15) is 11.8 Å². The maximum absolute atomic E-state index is 14.1. The Morgan fingerprint density at radius 2 is 1.70 bits per heavy atom. The number of thioether (sulfide) groups is 1. The van der Waals surface area contributed by atoms with Gasteiger partial charge in [0.05, 0.1) is 17.6 Å². The van der Waals surface area contributed by atoms with Crippen LogP contribution in [0.2, 0.25) is 0 Å². The molecule has 1 atom stereocenters. The number of aromatic nitrogens is 3. The molecule has 3 aliphatic rings. The number of rotatable bonds is 6. The summed E-state index contributed by atoms with van der Waals surface area (Å²) in [6, 6.07) is 0.346. The summed E-state index contributed by atoms with van der Waals surface area (Å²) in [4.78, 5) is 44.1. The number of halogens is 1. The van der Waals surface area contributed by atoms with Gasteiger partial charge in [-0.05, 0) is 68.4 Å². The van der Waals surface area contributed by atoms with Crippen LogP contribution in [0.3, 0.4) is 0 Å². The highest BCUT2D eigenvalue weighted by molar-refractivity contribution is 7.99. The van der Waals surface area contributed by atoms with Gasteiger partial charge in [0.2, 0.25) is 5.91 Å². The monoisotopic (exact) mass is 531 g/mol. The van der Waals surface area contributed by atoms with Crippen LogP contribution >= 0.6 is 11.8 Å². The average molecular weight is 532 g/mol. The summed E-state index contributed by atoms with van der Waals surface area (Å²) in [7, 11) is 0. The van der Waals surface area contributed by atoms with E-state index in [1.54, 1.807) is 4.57 Å². The molecule has 8 nitrogen and oxygen atoms in total. The number of nitrogens with two attached hydrogens (primary N) is 1. The first-order valence-corrected chi connectivity index (χ1v) is 15.0. The molecule has 1 amide bonds. The number of hydrogen-bond acceptors (Lipinski definition) is 6. The van der Waals surface area contributed by atoms with Crippen molar-refractivity contribution in [1.82, 2.24) is 19.4 Å². The van der Waals surface area contributed by atoms with Crippen LogP contribution in [-0.4, -0.2) is 43.6 Å². The maximum Gasteiger partial charge on any atom is 0.333 e. The Morgan fingerprint density at radius 3 is 2.41 bits per heavy atom. The summed E-state index contributed by atoms with van der Waals surface area (Å²) in [6.45, 7) is 0. The molecule has 3 heterocycles. The Kier molecular flexibility index (Phi) is 8.34. The number of hydrogen-bond donors (Lipinski definition) is 2. The number of amides is 1. The van der Waals surface area contributed by atoms with Gasteiger partial charge in [0, 0.05) is 18.1 Å². The molecule has 5 rings (SSSR count). The summed E-state index contributed by atoms with van der Waals surface area (Å²) in [5.74, 6) is 1.72. The minimum Gasteiger partial charge on any atom is -0.352 e. The van der Waals surface area contributed by atoms with Gasteiger partial charge in [0.15, 0.2) is 0 Å². The highest BCUT2D eigenvalue weighted by Gasteiger charge is 2.30. The van der Waals surface area contributed by atoms with E-state index in [1.165, 1.54) is 29.9 Å². The Hall–Kier alpha value is -2.20. The molecule has 0 radical (unpaired) electrons. The van der Waals surface area contributed by atoms with Crippen molar-refractivity contribution < 1.29 is 9.18 Å². The van der Waals surface area contributed by atoms with Crippen LogP contribution in [0.5, 0.6) is 0 Å². The molecule has 0 aromatic carbocycles. The predicted molar refractivity (Wildman–Crippen MR) is 144 cm³/mol. The Balaban J connectivity index is 1.31. The Labute approximate surface area is 220 Å². The molecule has 0 bridgehead atoms. The van der Waals surface area contributed by atoms with E-state index in [-0.39, 0.29) is 40.8 Å². The highest BCUT2D eigenvalue weighted by Crippen LogP contribution is 2.31. The van der Waals surface area contributed by atoms with E-state index in [0.717, 1.165) is 49.8 Å². The second-order valence-electron chi connectivity index (χ2n) is 11.1. The summed E-state index contributed by atoms with van der Waals surface area (Å²) < 4.78 is 17.1. The van der Waals surface area contributed by atoms with Crippen LogP contribution in [-0.2, 0) is 4.79 Å². The van der Waals surface area contributed by atoms with Crippen LogP contribution < -0.4 is 22.3 Å². The predicted octanol–water partition coefficient (Wildman–Crippen LogP) is 3.66. The lowest BCUT2D eigenvalue weighted by Gasteiger charge is -2.32. The third-order valence-corrected chi connectivity index (χ3v) is 9.58. The molecule has 3 fully saturated rings. The Morgan fingerprint density at radius 1 is 1.03 bits per heavy atom. The van der Waals surface area contributed by atoms with Crippen LogP contribution in [0.4, 0.5) is 4.39 Å². The largest absolute Gasteiger partial charge is 0.352 e. The molecule has 1 aliphatic heterocycles. The second kappa shape index (κ2) is 11.7. The van der Waals surface area contributed by atoms with Crippen molar-refractivity contribution >= 4 is 28.7 Å². The van der Waals surface area contributed by atoms with Crippen molar-refractivity contribution in [2.24, 2.45) is 11.7 Å². The summed E-state index contributed by atoms with van der Waals surface area (Å²) in [5, 5.41) is 3.27. The smallest absolute Gasteiger partial charge is 0.333 e. The molecule has 0 unspecified atom stereocenters. The summed E-state index contributed by atoms with van der Waals surface area (Å²) in [6.07, 6.45) is 12.0. The first-order valence-electron chi connectivity index (χ1n) is 13.9. The van der Waals surface area contributed by atoms with E-state index in [1.807, 2.05) is 11.8 Å². The van der Waals surface area contributed by atoms with Gasteiger partial charge in [-0.3, -0.25) is 18.7 Å². The zero-order valence-corrected chi connectivity index (χ0v) is 22.2. The first kappa shape index (κ1) is 26.4. The fraction of sp³-hybridized carbons (Fsp3) is 0.704. The third kappa shape index (κ3) is 5.79. The lowest BCUT2D eigenvalue weighted by atomic mass is 9.84. The van der Waals surface area contributed by atoms with Gasteiger partial charge in [-0.1, -0.05) is 32.1 Å². The minimum absolute atomic E-state index is 0.0194. The van der Waals surface area contributed by atoms with E-state index < -0.39 is 17.4 Å². The summed E-state index contributed by atoms with van der Waals surface area (Å²) in [5.41, 5.74) is 5.68. The van der Waals surface area contributed by atoms with Crippen LogP contribution in [0, 0.1) is 11.7 Å². The van der Waals surface area contributed by atoms with Crippen molar-refractivity contribution in [1.29, 1.82) is 0 Å². The van der Waals surface area contributed by atoms with Crippen LogP contribution in [0.1, 0.15) is 89.1 Å². The van der Waals surface area contributed by atoms with Crippen LogP contribution in [0.15, 0.2) is 21.9 Å². The van der Waals surface area contributed by atoms with Gasteiger partial charge >= 0.3 is 5.69 Å². The third-order valence-electron chi connectivity index (χ3n) is 8.54. The molecular weight excluding hydrogens is 493 g/mol. The van der Waals surface area contributed by atoms with Crippen molar-refractivity contribution in [3.63, 3.8) is 0 Å². The normalized spacial score (nSPS) is 24.7. The van der Waals surface area contributed by atoms with Crippen molar-refractivity contribution in [3.8, 4) is 0 Å². The number of nitrogens with zero attached hydrogens (tertiary/aromatic N) is 3. The molecule has 10 heteroatoms. The topological polar surface area (TPSA) is 112 Å². The minimum atomic E-state index is -0.587. The maximum atomic E-state index is 14.1. The second-order valence-corrected chi connectivity index (χ2v) is 12.3. The number of pyridine rings is 1. The molecule has 3 N–H and O–H groups in total. The van der Waals surface area contributed by atoms with Gasteiger partial charge in [0.1, 0.15) is 11.5 Å². The van der Waals surface area contributed by atoms with Gasteiger partial charge < -0.3 is 11.1 Å². The molecule has 202 valence electrons. The number of carbonyl (C=O) groups is 1. The zero-order valence-electron chi connectivity index (χ0n) is 21.4. The van der Waals surface area contributed by atoms with Crippen molar-refractivity contribution in [3.05, 3.63) is 38.9 Å². The fourth-order valence-electron chi connectivity index (χ4n) is 6.47. The lowest BCUT2D eigenvalue weighted by molar-refractivity contribution is -0.123. The highest BCUT2D eigenvalue weighted by atomic mass is 32.2. The van der Waals surface area contributed by atoms with Crippen molar-refractivity contribution in [2.75, 3.05) is 11.5 Å². The summed E-state index contributed by atoms with van der Waals surface area (Å²) >= 11 is 1.85. The fourth-order valence-corrected chi connectivity index (χ4v) is 7.56. The number of fused-ring (bicyclic) bond motifs is 1. The molecule has 2 aromatic rings. The SMILES string of the molecule is N[C@@H](CC1CCCCC1)C(=O)NC1CCC(n2c(=O)c3cc(F)cnc3n(C3CCSCC3)c2=O)CC1. The van der Waals surface area contributed by atoms with Crippen molar-refractivity contribution in [2.45, 2.75) is 101 Å². The quantitative estimate of drug-likeness (QED) is 0.588. The molecule has 2 aromatic heterocycles. The average Bonchev–Trinajstić information content (AvgIpc) is 2.91. The molecule has 37 heavy (non-hydrogen) atoms. The number of carbonyl (C=O) groups excluding carboxylic acids is 1. The standard InChI is InChI=1S/C27H38FN5O3S/c28-18-15-22-24(30-16-18)32(21-10-12-37-13-11-21)27(36)33(26(22)35)20-8-6-19(7-9-20)31-25(34)23(29)14-17-4-2-1-3-5-17/h15-17,19-21,23H,1-14,29H2,(H,31,34)/t19?,20?,23-/m0/s1. The number of nitrogens with one attached hydrogen (secondary N) is 1. The lowest BCUT2D eigenvalue weighted by Crippen LogP contribution is -2.49. The molecule has 2 aliphatic carbocycles. The molecular formula is C27H38FN5O3S. The molecule has 1 saturated heterocycles. The van der Waals surface area contributed by atoms with E-state index >= 15 is 0 Å². The molecule has 0 spiro atoms. The zero-order chi connectivity index (χ0) is 25.9. The molecule has 2 saturated carbocycles. The van der Waals surface area contributed by atoms with Gasteiger partial charge in [-0.15, -0.1) is 0 Å². The van der Waals surface area contributed by atoms with E-state index in [9.17, 15) is 18.8 Å². The Bertz CT molecular complexity index is 1230. The first-order chi connectivity index (χ1) is 17.9. The van der Waals surface area contributed by atoms with E-state index in [0.29, 0.717) is 31.6 Å². The van der Waals surface area contributed by atoms with E-state index in [4.69, 9.17) is 5.73 Å². The van der Waals surface area contributed by atoms with E-state index in [2.05, 4.69) is 10.3 Å². The van der Waals surface area contributed by atoms with Gasteiger partial charge in [0.25, 0.3) is 5.56 Å². The van der Waals surface area contributed by atoms with Crippen LogP contribution in [0.25, 0.3) is 11.0 Å².